The van der Waals surface area contributed by atoms with Gasteiger partial charge in [0.05, 0.1) is 6.10 Å². The molecule has 0 radical (unpaired) electrons. The average molecular weight is 202 g/mol. The van der Waals surface area contributed by atoms with Crippen molar-refractivity contribution >= 4 is 10.8 Å². The van der Waals surface area contributed by atoms with Gasteiger partial charge < -0.3 is 10.2 Å². The maximum atomic E-state index is 9.85. The van der Waals surface area contributed by atoms with E-state index in [0.717, 1.165) is 16.3 Å². The van der Waals surface area contributed by atoms with Crippen molar-refractivity contribution in [2.45, 2.75) is 19.1 Å². The summed E-state index contributed by atoms with van der Waals surface area (Å²) in [5, 5.41) is 21.3. The van der Waals surface area contributed by atoms with E-state index in [9.17, 15) is 10.2 Å². The Bertz CT molecular complexity index is 458. The largest absolute Gasteiger partial charge is 0.390 e. The Balaban J connectivity index is 2.60. The van der Waals surface area contributed by atoms with E-state index in [-0.39, 0.29) is 0 Å². The van der Waals surface area contributed by atoms with Crippen molar-refractivity contribution in [3.63, 3.8) is 0 Å². The molecule has 2 heteroatoms. The van der Waals surface area contributed by atoms with Gasteiger partial charge in [0.1, 0.15) is 6.10 Å². The molecule has 0 aliphatic heterocycles. The van der Waals surface area contributed by atoms with Crippen molar-refractivity contribution < 1.29 is 10.2 Å². The molecule has 0 aliphatic rings. The van der Waals surface area contributed by atoms with Crippen molar-refractivity contribution in [2.24, 2.45) is 0 Å². The highest BCUT2D eigenvalue weighted by Crippen LogP contribution is 2.25. The molecule has 0 amide bonds. The van der Waals surface area contributed by atoms with Crippen LogP contribution in [0.5, 0.6) is 0 Å². The summed E-state index contributed by atoms with van der Waals surface area (Å²) in [7, 11) is 0. The molecule has 0 spiro atoms. The highest BCUT2D eigenvalue weighted by molar-refractivity contribution is 5.86. The lowest BCUT2D eigenvalue weighted by molar-refractivity contribution is 0.0314. The van der Waals surface area contributed by atoms with Crippen LogP contribution in [-0.4, -0.2) is 16.3 Å². The highest BCUT2D eigenvalue weighted by atomic mass is 16.3. The van der Waals surface area contributed by atoms with E-state index in [4.69, 9.17) is 0 Å². The summed E-state index contributed by atoms with van der Waals surface area (Å²) in [6.07, 6.45) is -1.58. The molecule has 2 nitrogen and oxygen atoms in total. The standard InChI is InChI=1S/C13H14O2/c1-9(14)13(15)12-8-4-6-10-5-2-3-7-11(10)12/h2-9,13-15H,1H3/t9-,13-/m0/s1. The van der Waals surface area contributed by atoms with Crippen LogP contribution in [-0.2, 0) is 0 Å². The number of rotatable bonds is 2. The zero-order valence-corrected chi connectivity index (χ0v) is 8.59. The molecule has 2 aromatic carbocycles. The molecule has 2 atom stereocenters. The van der Waals surface area contributed by atoms with Crippen LogP contribution >= 0.6 is 0 Å². The second kappa shape index (κ2) is 4.01. The molecule has 15 heavy (non-hydrogen) atoms. The molecule has 0 heterocycles. The third-order valence-electron chi connectivity index (χ3n) is 2.60. The van der Waals surface area contributed by atoms with E-state index in [1.165, 1.54) is 0 Å². The smallest absolute Gasteiger partial charge is 0.105 e. The van der Waals surface area contributed by atoms with Gasteiger partial charge in [-0.2, -0.15) is 0 Å². The summed E-state index contributed by atoms with van der Waals surface area (Å²) in [4.78, 5) is 0. The van der Waals surface area contributed by atoms with Gasteiger partial charge in [0.15, 0.2) is 0 Å². The molecule has 2 rings (SSSR count). The molecule has 0 fully saturated rings. The Morgan fingerprint density at radius 2 is 1.60 bits per heavy atom. The van der Waals surface area contributed by atoms with Crippen molar-refractivity contribution in [2.75, 3.05) is 0 Å². The van der Waals surface area contributed by atoms with Crippen molar-refractivity contribution in [1.82, 2.24) is 0 Å². The summed E-state index contributed by atoms with van der Waals surface area (Å²) in [6.45, 7) is 1.59. The number of aliphatic hydroxyl groups excluding tert-OH is 2. The first-order valence-corrected chi connectivity index (χ1v) is 5.04. The Hall–Kier alpha value is -1.38. The predicted molar refractivity (Wildman–Crippen MR) is 60.6 cm³/mol. The fourth-order valence-electron chi connectivity index (χ4n) is 1.77. The Morgan fingerprint density at radius 1 is 0.933 bits per heavy atom. The van der Waals surface area contributed by atoms with Gasteiger partial charge in [-0.15, -0.1) is 0 Å². The SMILES string of the molecule is C[C@H](O)[C@H](O)c1cccc2ccccc12. The number of hydrogen-bond acceptors (Lipinski definition) is 2. The van der Waals surface area contributed by atoms with Gasteiger partial charge in [0.2, 0.25) is 0 Å². The summed E-state index contributed by atoms with van der Waals surface area (Å²) in [5.41, 5.74) is 0.781. The first kappa shape index (κ1) is 10.1. The van der Waals surface area contributed by atoms with Crippen LogP contribution < -0.4 is 0 Å². The van der Waals surface area contributed by atoms with Crippen LogP contribution in [0.15, 0.2) is 42.5 Å². The molecule has 0 saturated heterocycles. The van der Waals surface area contributed by atoms with Gasteiger partial charge in [0, 0.05) is 0 Å². The molecule has 78 valence electrons. The fraction of sp³-hybridized carbons (Fsp3) is 0.231. The quantitative estimate of drug-likeness (QED) is 0.784. The molecule has 0 unspecified atom stereocenters. The lowest BCUT2D eigenvalue weighted by Crippen LogP contribution is -2.13. The van der Waals surface area contributed by atoms with E-state index < -0.39 is 12.2 Å². The summed E-state index contributed by atoms with van der Waals surface area (Å²) in [5.74, 6) is 0. The molecular weight excluding hydrogens is 188 g/mol. The van der Waals surface area contributed by atoms with E-state index in [0.29, 0.717) is 0 Å². The third-order valence-corrected chi connectivity index (χ3v) is 2.60. The van der Waals surface area contributed by atoms with Gasteiger partial charge >= 0.3 is 0 Å². The first-order chi connectivity index (χ1) is 7.20. The van der Waals surface area contributed by atoms with Crippen LogP contribution in [0.1, 0.15) is 18.6 Å². The maximum Gasteiger partial charge on any atom is 0.105 e. The lowest BCUT2D eigenvalue weighted by Gasteiger charge is -2.16. The van der Waals surface area contributed by atoms with Gasteiger partial charge in [-0.05, 0) is 23.3 Å². The minimum absolute atomic E-state index is 0.754. The van der Waals surface area contributed by atoms with Crippen LogP contribution in [0.4, 0.5) is 0 Å². The van der Waals surface area contributed by atoms with Gasteiger partial charge in [-0.1, -0.05) is 42.5 Å². The van der Waals surface area contributed by atoms with E-state index in [2.05, 4.69) is 0 Å². The molecule has 0 aliphatic carbocycles. The first-order valence-electron chi connectivity index (χ1n) is 5.04. The van der Waals surface area contributed by atoms with Crippen LogP contribution in [0.3, 0.4) is 0 Å². The maximum absolute atomic E-state index is 9.85. The molecule has 0 aromatic heterocycles. The summed E-state index contributed by atoms with van der Waals surface area (Å²) in [6, 6.07) is 13.6. The Kier molecular flexibility index (Phi) is 2.71. The van der Waals surface area contributed by atoms with Crippen LogP contribution in [0.25, 0.3) is 10.8 Å². The minimum atomic E-state index is -0.823. The van der Waals surface area contributed by atoms with Crippen molar-refractivity contribution in [3.05, 3.63) is 48.0 Å². The monoisotopic (exact) mass is 202 g/mol. The van der Waals surface area contributed by atoms with Crippen LogP contribution in [0, 0.1) is 0 Å². The second-order valence-corrected chi connectivity index (χ2v) is 3.75. The molecule has 0 bridgehead atoms. The fourth-order valence-corrected chi connectivity index (χ4v) is 1.77. The van der Waals surface area contributed by atoms with Gasteiger partial charge in [0.25, 0.3) is 0 Å². The minimum Gasteiger partial charge on any atom is -0.390 e. The average Bonchev–Trinajstić information content (AvgIpc) is 2.27. The predicted octanol–water partition coefficient (Wildman–Crippen LogP) is 2.25. The second-order valence-electron chi connectivity index (χ2n) is 3.75. The van der Waals surface area contributed by atoms with Crippen molar-refractivity contribution in [1.29, 1.82) is 0 Å². The molecule has 2 N–H and O–H groups in total. The Morgan fingerprint density at radius 3 is 2.33 bits per heavy atom. The molecule has 2 aromatic rings. The van der Waals surface area contributed by atoms with Gasteiger partial charge in [-0.3, -0.25) is 0 Å². The number of benzene rings is 2. The lowest BCUT2D eigenvalue weighted by atomic mass is 9.98. The van der Waals surface area contributed by atoms with Crippen LogP contribution in [0.2, 0.25) is 0 Å². The van der Waals surface area contributed by atoms with E-state index in [1.807, 2.05) is 42.5 Å². The topological polar surface area (TPSA) is 40.5 Å². The third kappa shape index (κ3) is 1.87. The number of hydrogen-bond donors (Lipinski definition) is 2. The normalized spacial score (nSPS) is 15.1. The zero-order valence-electron chi connectivity index (χ0n) is 8.59. The number of aliphatic hydroxyl groups is 2. The summed E-state index contributed by atoms with van der Waals surface area (Å²) < 4.78 is 0. The van der Waals surface area contributed by atoms with E-state index >= 15 is 0 Å². The van der Waals surface area contributed by atoms with E-state index in [1.54, 1.807) is 6.92 Å². The molecular formula is C13H14O2. The number of fused-ring (bicyclic) bond motifs is 1. The Labute approximate surface area is 88.8 Å². The van der Waals surface area contributed by atoms with Crippen molar-refractivity contribution in [3.8, 4) is 0 Å². The highest BCUT2D eigenvalue weighted by Gasteiger charge is 2.15. The summed E-state index contributed by atoms with van der Waals surface area (Å²) >= 11 is 0. The van der Waals surface area contributed by atoms with Gasteiger partial charge in [-0.25, -0.2) is 0 Å². The molecule has 0 saturated carbocycles. The zero-order chi connectivity index (χ0) is 10.8.